The van der Waals surface area contributed by atoms with E-state index in [1.165, 1.54) is 12.2 Å². The van der Waals surface area contributed by atoms with Gasteiger partial charge in [0.1, 0.15) is 6.61 Å². The van der Waals surface area contributed by atoms with Gasteiger partial charge < -0.3 is 9.84 Å². The molecule has 0 aliphatic carbocycles. The monoisotopic (exact) mass is 387 g/mol. The third kappa shape index (κ3) is 6.48. The molecule has 1 heterocycles. The molecule has 1 aliphatic rings. The van der Waals surface area contributed by atoms with Crippen molar-refractivity contribution in [1.82, 2.24) is 4.90 Å². The van der Waals surface area contributed by atoms with Crippen molar-refractivity contribution in [3.8, 4) is 0 Å². The number of nitrogens with zero attached hydrogens (tertiary/aromatic N) is 1. The summed E-state index contributed by atoms with van der Waals surface area (Å²) in [5.74, 6) is 0.000263. The largest absolute Gasteiger partial charge is 0.445 e. The number of unbranched alkanes of at least 4 members (excludes halogenated alkanes) is 1. The van der Waals surface area contributed by atoms with Gasteiger partial charge in [-0.05, 0) is 37.3 Å². The van der Waals surface area contributed by atoms with Gasteiger partial charge in [0.2, 0.25) is 0 Å². The van der Waals surface area contributed by atoms with Crippen molar-refractivity contribution in [1.29, 1.82) is 0 Å². The van der Waals surface area contributed by atoms with Gasteiger partial charge in [-0.2, -0.15) is 0 Å². The lowest BCUT2D eigenvalue weighted by molar-refractivity contribution is -0.114. The first-order valence-electron chi connectivity index (χ1n) is 10.4. The van der Waals surface area contributed by atoms with Crippen LogP contribution in [0.4, 0.5) is 4.79 Å². The third-order valence-electron chi connectivity index (χ3n) is 5.22. The van der Waals surface area contributed by atoms with E-state index in [1.54, 1.807) is 4.90 Å². The van der Waals surface area contributed by atoms with Gasteiger partial charge in [0.25, 0.3) is 0 Å². The number of allylic oxidation sites excluding steroid dienone is 1. The highest BCUT2D eigenvalue weighted by molar-refractivity contribution is 5.89. The first-order valence-corrected chi connectivity index (χ1v) is 10.4. The Hall–Kier alpha value is -2.14. The maximum Gasteiger partial charge on any atom is 0.410 e. The summed E-state index contributed by atoms with van der Waals surface area (Å²) in [4.78, 5) is 26.3. The lowest BCUT2D eigenvalue weighted by atomic mass is 10.1. The Kier molecular flexibility index (Phi) is 9.21. The molecule has 1 unspecified atom stereocenters. The Morgan fingerprint density at radius 1 is 1.21 bits per heavy atom. The van der Waals surface area contributed by atoms with Gasteiger partial charge in [-0.15, -0.1) is 0 Å². The highest BCUT2D eigenvalue weighted by atomic mass is 16.6. The van der Waals surface area contributed by atoms with Crippen molar-refractivity contribution in [2.75, 3.05) is 0 Å². The molecular formula is C23H33NO4. The second kappa shape index (κ2) is 11.6. The van der Waals surface area contributed by atoms with Crippen LogP contribution in [0.15, 0.2) is 42.5 Å². The fourth-order valence-electron chi connectivity index (χ4n) is 3.71. The number of benzene rings is 1. The number of amides is 1. The van der Waals surface area contributed by atoms with Gasteiger partial charge in [0.05, 0.1) is 12.1 Å². The van der Waals surface area contributed by atoms with Crippen molar-refractivity contribution < 1.29 is 19.4 Å². The standard InChI is InChI=1S/C23H33NO4/c1-3-5-12-19-13-15-21(22(26)16-14-20(25)9-4-2)24(19)23(27)28-17-18-10-7-6-8-11-18/h6-8,10-11,14,16,19,21-22,26H,3-5,9,12-13,15,17H2,1-2H3/b16-14+/t19-,21-,22?/m0/s1. The van der Waals surface area contributed by atoms with Gasteiger partial charge in [-0.3, -0.25) is 9.69 Å². The average molecular weight is 388 g/mol. The Morgan fingerprint density at radius 3 is 2.64 bits per heavy atom. The number of hydrogen-bond acceptors (Lipinski definition) is 4. The van der Waals surface area contributed by atoms with E-state index in [0.29, 0.717) is 12.8 Å². The van der Waals surface area contributed by atoms with Gasteiger partial charge in [-0.1, -0.05) is 63.1 Å². The second-order valence-corrected chi connectivity index (χ2v) is 7.45. The first kappa shape index (κ1) is 22.2. The zero-order valence-corrected chi connectivity index (χ0v) is 17.0. The van der Waals surface area contributed by atoms with Crippen LogP contribution in [0.3, 0.4) is 0 Å². The van der Waals surface area contributed by atoms with E-state index in [9.17, 15) is 14.7 Å². The third-order valence-corrected chi connectivity index (χ3v) is 5.22. The molecule has 28 heavy (non-hydrogen) atoms. The Labute approximate surface area is 168 Å². The minimum Gasteiger partial charge on any atom is -0.445 e. The summed E-state index contributed by atoms with van der Waals surface area (Å²) in [5.41, 5.74) is 0.933. The molecule has 5 heteroatoms. The topological polar surface area (TPSA) is 66.8 Å². The molecule has 154 valence electrons. The van der Waals surface area contributed by atoms with E-state index in [4.69, 9.17) is 4.74 Å². The molecule has 1 N–H and O–H groups in total. The second-order valence-electron chi connectivity index (χ2n) is 7.45. The number of aliphatic hydroxyl groups is 1. The minimum absolute atomic E-state index is 0.000263. The molecule has 0 radical (unpaired) electrons. The number of rotatable bonds is 10. The van der Waals surface area contributed by atoms with Gasteiger partial charge in [0, 0.05) is 12.5 Å². The molecule has 0 bridgehead atoms. The molecule has 1 saturated heterocycles. The smallest absolute Gasteiger partial charge is 0.410 e. The molecule has 2 rings (SSSR count). The fourth-order valence-corrected chi connectivity index (χ4v) is 3.71. The van der Waals surface area contributed by atoms with Crippen LogP contribution in [0.5, 0.6) is 0 Å². The van der Waals surface area contributed by atoms with Crippen molar-refractivity contribution >= 4 is 11.9 Å². The molecule has 3 atom stereocenters. The molecule has 1 aromatic carbocycles. The summed E-state index contributed by atoms with van der Waals surface area (Å²) in [7, 11) is 0. The number of ether oxygens (including phenoxy) is 1. The number of likely N-dealkylation sites (tertiary alicyclic amines) is 1. The lowest BCUT2D eigenvalue weighted by Crippen LogP contribution is -2.46. The van der Waals surface area contributed by atoms with Crippen molar-refractivity contribution in [2.24, 2.45) is 0 Å². The molecule has 0 aromatic heterocycles. The van der Waals surface area contributed by atoms with E-state index in [0.717, 1.165) is 37.7 Å². The number of hydrogen-bond donors (Lipinski definition) is 1. The van der Waals surface area contributed by atoms with Crippen molar-refractivity contribution in [3.05, 3.63) is 48.0 Å². The highest BCUT2D eigenvalue weighted by Gasteiger charge is 2.40. The molecule has 0 spiro atoms. The minimum atomic E-state index is -0.864. The van der Waals surface area contributed by atoms with Crippen LogP contribution in [0, 0.1) is 0 Å². The van der Waals surface area contributed by atoms with Crippen LogP contribution in [0.25, 0.3) is 0 Å². The zero-order valence-electron chi connectivity index (χ0n) is 17.0. The molecule has 1 aliphatic heterocycles. The molecule has 5 nitrogen and oxygen atoms in total. The summed E-state index contributed by atoms with van der Waals surface area (Å²) in [6, 6.07) is 9.30. The maximum atomic E-state index is 12.8. The predicted octanol–water partition coefficient (Wildman–Crippen LogP) is 4.63. The first-order chi connectivity index (χ1) is 13.6. The predicted molar refractivity (Wildman–Crippen MR) is 110 cm³/mol. The summed E-state index contributed by atoms with van der Waals surface area (Å²) in [5, 5.41) is 10.6. The van der Waals surface area contributed by atoms with Crippen LogP contribution in [-0.4, -0.2) is 40.1 Å². The SMILES string of the molecule is CCCC[C@H]1CC[C@@H](C(O)/C=C/C(=O)CCC)N1C(=O)OCc1ccccc1. The Balaban J connectivity index is 2.05. The molecular weight excluding hydrogens is 354 g/mol. The van der Waals surface area contributed by atoms with Gasteiger partial charge >= 0.3 is 6.09 Å². The number of carbonyl (C=O) groups is 2. The fraction of sp³-hybridized carbons (Fsp3) is 0.565. The zero-order chi connectivity index (χ0) is 20.4. The van der Waals surface area contributed by atoms with E-state index in [2.05, 4.69) is 6.92 Å². The van der Waals surface area contributed by atoms with Crippen LogP contribution < -0.4 is 0 Å². The van der Waals surface area contributed by atoms with Crippen LogP contribution >= 0.6 is 0 Å². The molecule has 1 amide bonds. The molecule has 1 aromatic rings. The highest BCUT2D eigenvalue weighted by Crippen LogP contribution is 2.31. The van der Waals surface area contributed by atoms with Crippen LogP contribution in [0.1, 0.15) is 64.4 Å². The Bertz CT molecular complexity index is 643. The number of carbonyl (C=O) groups excluding carboxylic acids is 2. The summed E-state index contributed by atoms with van der Waals surface area (Å²) in [6.07, 6.45) is 7.51. The summed E-state index contributed by atoms with van der Waals surface area (Å²) >= 11 is 0. The van der Waals surface area contributed by atoms with Crippen molar-refractivity contribution in [2.45, 2.75) is 83.6 Å². The Morgan fingerprint density at radius 2 is 1.96 bits per heavy atom. The lowest BCUT2D eigenvalue weighted by Gasteiger charge is -2.31. The van der Waals surface area contributed by atoms with E-state index < -0.39 is 6.10 Å². The van der Waals surface area contributed by atoms with E-state index in [1.807, 2.05) is 37.3 Å². The maximum absolute atomic E-state index is 12.8. The average Bonchev–Trinajstić information content (AvgIpc) is 3.13. The van der Waals surface area contributed by atoms with E-state index >= 15 is 0 Å². The molecule has 0 saturated carbocycles. The van der Waals surface area contributed by atoms with E-state index in [-0.39, 0.29) is 30.6 Å². The van der Waals surface area contributed by atoms with Crippen LogP contribution in [0.2, 0.25) is 0 Å². The summed E-state index contributed by atoms with van der Waals surface area (Å²) in [6.45, 7) is 4.29. The van der Waals surface area contributed by atoms with Crippen LogP contribution in [-0.2, 0) is 16.1 Å². The number of aliphatic hydroxyl groups excluding tert-OH is 1. The quantitative estimate of drug-likeness (QED) is 0.594. The summed E-state index contributed by atoms with van der Waals surface area (Å²) < 4.78 is 5.55. The normalized spacial score (nSPS) is 20.5. The van der Waals surface area contributed by atoms with Crippen molar-refractivity contribution in [3.63, 3.8) is 0 Å². The van der Waals surface area contributed by atoms with Gasteiger partial charge in [0.15, 0.2) is 5.78 Å². The van der Waals surface area contributed by atoms with Gasteiger partial charge in [-0.25, -0.2) is 4.79 Å². The molecule has 1 fully saturated rings. The number of ketones is 1.